The minimum atomic E-state index is -0.920. The zero-order valence-corrected chi connectivity index (χ0v) is 76.3. The van der Waals surface area contributed by atoms with Crippen molar-refractivity contribution >= 4 is 124 Å². The summed E-state index contributed by atoms with van der Waals surface area (Å²) in [5.41, 5.74) is 5.45. The number of fused-ring (bicyclic) bond motifs is 3. The van der Waals surface area contributed by atoms with E-state index >= 15 is 0 Å². The number of carboxylic acids is 1. The number of rotatable bonds is 38. The van der Waals surface area contributed by atoms with Crippen molar-refractivity contribution in [2.45, 2.75) is 81.1 Å². The van der Waals surface area contributed by atoms with Crippen LogP contribution in [0.4, 0.5) is 38.5 Å². The van der Waals surface area contributed by atoms with Crippen LogP contribution in [0.25, 0.3) is 32.7 Å². The van der Waals surface area contributed by atoms with Crippen molar-refractivity contribution in [3.63, 3.8) is 0 Å². The van der Waals surface area contributed by atoms with E-state index in [1.165, 1.54) is 35.3 Å². The monoisotopic (exact) mass is 1810 g/mol. The Balaban J connectivity index is 0.000000257. The maximum atomic E-state index is 11.7. The number of methoxy groups -OCH3 is 4. The first-order valence-electron chi connectivity index (χ1n) is 40.2. The van der Waals surface area contributed by atoms with Gasteiger partial charge in [-0.05, 0) is 57.2 Å². The van der Waals surface area contributed by atoms with Crippen molar-refractivity contribution in [3.05, 3.63) is 106 Å². The zero-order chi connectivity index (χ0) is 84.9. The van der Waals surface area contributed by atoms with Gasteiger partial charge in [0.05, 0.1) is 178 Å². The van der Waals surface area contributed by atoms with Crippen LogP contribution in [-0.2, 0) is 52.5 Å². The fourth-order valence-corrected chi connectivity index (χ4v) is 15.1. The molecule has 0 amide bonds. The van der Waals surface area contributed by atoms with E-state index in [1.54, 1.807) is 76.9 Å². The second-order valence-corrected chi connectivity index (χ2v) is 30.5. The van der Waals surface area contributed by atoms with Gasteiger partial charge in [0.2, 0.25) is 0 Å². The van der Waals surface area contributed by atoms with Crippen LogP contribution in [0.1, 0.15) is 85.9 Å². The second kappa shape index (κ2) is 55.4. The number of ether oxygens (including phenoxy) is 13. The van der Waals surface area contributed by atoms with E-state index in [0.717, 1.165) is 202 Å². The summed E-state index contributed by atoms with van der Waals surface area (Å²) in [5, 5.41) is 37.9. The van der Waals surface area contributed by atoms with Crippen molar-refractivity contribution in [3.8, 4) is 52.1 Å². The van der Waals surface area contributed by atoms with Crippen LogP contribution >= 0.6 is 34.0 Å². The number of nitrogens with zero attached hydrogens (tertiary/aromatic N) is 16. The van der Waals surface area contributed by atoms with Crippen LogP contribution in [-0.4, -0.2) is 300 Å². The SMILES string of the molecule is C.C.C.CCOC(=O)Cc1csc(Nc2ncnc3cc(OCCCN4CCOCC4)c(OC)cc23)n1.CCc1csc(Nc2ncnc3cc(OCCCN4CCOCC4)c(OC)cc23)n1.COc1cc(C#N)c(N=CN(C)C)cc1OCCCN1CCOCC1.COc1cc2c(Nc3nc(CC(=O)O)cs3)ncnc2cc1OCCCN1CCOCC1.[H-].[K+]. The molecular formula is C86H120KN19O16S3. The number of aryl methyl sites for hydroxylation is 1. The Labute approximate surface area is 788 Å². The van der Waals surface area contributed by atoms with E-state index in [4.69, 9.17) is 66.7 Å². The quantitative estimate of drug-likeness (QED) is 0.00918. The van der Waals surface area contributed by atoms with Gasteiger partial charge in [-0.1, -0.05) is 29.2 Å². The van der Waals surface area contributed by atoms with Gasteiger partial charge in [0.15, 0.2) is 61.4 Å². The number of aliphatic imine (C=N–C) groups is 1. The number of esters is 1. The van der Waals surface area contributed by atoms with Gasteiger partial charge in [0.25, 0.3) is 0 Å². The predicted molar refractivity (Wildman–Crippen MR) is 486 cm³/mol. The minimum Gasteiger partial charge on any atom is -1.00 e. The Hall–Kier alpha value is -9.19. The van der Waals surface area contributed by atoms with E-state index in [-0.39, 0.29) is 93.9 Å². The standard InChI is InChI=1S/C23H29N5O5S.C21H25N5O5S.C21H27N5O3S.C18H26N4O3.3CH4.K.H/c1-3-32-21(29)11-16-14-34-23(26-16)27-22-17-12-19(30-2)20(13-18(17)24-15-25-22)33-8-4-5-28-6-9-31-10-7-28;1-29-17-10-15-16(11-18(17)31-6-2-3-26-4-7-30-8-5-26)22-13-23-20(15)25-21-24-14(12-32-21)9-19(27)28;1-3-15-13-30-21(24-15)25-20-16-11-18(27-2)19(12-17(16)22-14-23-20)29-8-4-5-26-6-9-28-10-7-26;1-21(2)14-20-16-12-18(17(23-3)11-15(16)13-19)25-8-4-5-22-6-9-24-10-7-22;;;;;/h12-15H,3-11H2,1-2H3,(H,24,25,26,27);10-13H,2-9H2,1H3,(H,27,28)(H,22,23,24,25);11-14H,3-10H2,1-2H3,(H,22,23,24,25);11-12,14H,4-10H2,1-3H3;3*1H4;;/q;;;;;;;+1;-1. The summed E-state index contributed by atoms with van der Waals surface area (Å²) in [6.07, 6.45) is 10.8. The fraction of sp³-hybridized carbons (Fsp3) is 0.500. The number of anilines is 6. The molecule has 0 aliphatic carbocycles. The van der Waals surface area contributed by atoms with Gasteiger partial charge in [0, 0.05) is 155 Å². The van der Waals surface area contributed by atoms with Gasteiger partial charge in [-0.3, -0.25) is 29.2 Å². The number of carbonyl (C=O) groups excluding carboxylic acids is 1. The molecule has 0 saturated carbocycles. The van der Waals surface area contributed by atoms with E-state index < -0.39 is 5.97 Å². The van der Waals surface area contributed by atoms with Crippen LogP contribution in [0.5, 0.6) is 46.0 Å². The number of thiazole rings is 3. The summed E-state index contributed by atoms with van der Waals surface area (Å²) >= 11 is 4.28. The summed E-state index contributed by atoms with van der Waals surface area (Å²) in [5.74, 6) is 5.63. The van der Waals surface area contributed by atoms with Gasteiger partial charge >= 0.3 is 63.3 Å². The number of benzene rings is 4. The molecule has 35 nitrogen and oxygen atoms in total. The summed E-state index contributed by atoms with van der Waals surface area (Å²) in [6.45, 7) is 24.7. The number of aliphatic carboxylic acids is 1. The molecule has 0 unspecified atom stereocenters. The molecule has 0 spiro atoms. The summed E-state index contributed by atoms with van der Waals surface area (Å²) in [7, 11) is 10.2. The van der Waals surface area contributed by atoms with Gasteiger partial charge in [-0.25, -0.2) is 49.8 Å². The van der Waals surface area contributed by atoms with Crippen molar-refractivity contribution in [2.75, 3.05) is 223 Å². The third-order valence-corrected chi connectivity index (χ3v) is 21.6. The molecule has 6 aromatic heterocycles. The molecule has 10 aromatic rings. The van der Waals surface area contributed by atoms with Crippen molar-refractivity contribution in [1.29, 1.82) is 5.26 Å². The number of carbonyl (C=O) groups is 2. The first-order chi connectivity index (χ1) is 59.2. The van der Waals surface area contributed by atoms with Crippen molar-refractivity contribution < 1.29 is 129 Å². The first kappa shape index (κ1) is 103. The number of nitriles is 1. The van der Waals surface area contributed by atoms with Gasteiger partial charge in [-0.2, -0.15) is 5.26 Å². The normalized spacial score (nSPS) is 14.1. The minimum absolute atomic E-state index is 0. The number of morpholine rings is 4. The molecule has 4 aliphatic heterocycles. The van der Waals surface area contributed by atoms with Crippen molar-refractivity contribution in [1.82, 2.24) is 69.4 Å². The maximum Gasteiger partial charge on any atom is 1.00 e. The summed E-state index contributed by atoms with van der Waals surface area (Å²) < 4.78 is 72.5. The number of carboxylic acid groups (broad SMARTS) is 1. The summed E-state index contributed by atoms with van der Waals surface area (Å²) in [6, 6.07) is 16.8. The number of hydrogen-bond acceptors (Lipinski definition) is 36. The third-order valence-electron chi connectivity index (χ3n) is 19.2. The Morgan fingerprint density at radius 2 is 0.824 bits per heavy atom. The first-order valence-corrected chi connectivity index (χ1v) is 42.9. The predicted octanol–water partition coefficient (Wildman–Crippen LogP) is 10.0. The topological polar surface area (TPSA) is 379 Å². The number of aromatic nitrogens is 9. The van der Waals surface area contributed by atoms with Crippen LogP contribution < -0.4 is 105 Å². The Morgan fingerprint density at radius 1 is 0.496 bits per heavy atom. The maximum absolute atomic E-state index is 11.7. The average molecular weight is 1810 g/mol. The molecule has 0 bridgehead atoms. The average Bonchev–Trinajstić information content (AvgIpc) is 1.09. The molecule has 10 heterocycles. The fourth-order valence-electron chi connectivity index (χ4n) is 12.9. The molecule has 0 atom stereocenters. The van der Waals surface area contributed by atoms with Gasteiger partial charge in [-0.15, -0.1) is 34.0 Å². The molecule has 674 valence electrons. The molecular weight excluding hydrogens is 1690 g/mol. The molecule has 4 aliphatic rings. The van der Waals surface area contributed by atoms with Crippen LogP contribution in [0.2, 0.25) is 0 Å². The Morgan fingerprint density at radius 3 is 1.14 bits per heavy atom. The van der Waals surface area contributed by atoms with E-state index in [0.29, 0.717) is 135 Å². The zero-order valence-electron chi connectivity index (χ0n) is 71.7. The molecule has 14 rings (SSSR count). The van der Waals surface area contributed by atoms with Crippen LogP contribution in [0, 0.1) is 11.3 Å². The number of hydrogen-bond donors (Lipinski definition) is 4. The van der Waals surface area contributed by atoms with E-state index in [2.05, 4.69) is 104 Å². The van der Waals surface area contributed by atoms with E-state index in [1.807, 2.05) is 60.8 Å². The van der Waals surface area contributed by atoms with Gasteiger partial charge < -0.3 is 89.0 Å². The third kappa shape index (κ3) is 32.6. The Kier molecular flexibility index (Phi) is 45.6. The summed E-state index contributed by atoms with van der Waals surface area (Å²) in [4.78, 5) is 77.8. The smallest absolute Gasteiger partial charge is 1.00 e. The molecule has 4 saturated heterocycles. The molecule has 0 radical (unpaired) electrons. The molecule has 4 N–H and O–H groups in total. The van der Waals surface area contributed by atoms with Crippen LogP contribution in [0.3, 0.4) is 0 Å². The molecule has 125 heavy (non-hydrogen) atoms. The number of nitrogens with one attached hydrogen (secondary N) is 3. The second-order valence-electron chi connectivity index (χ2n) is 27.9. The largest absolute Gasteiger partial charge is 1.00 e. The van der Waals surface area contributed by atoms with Crippen molar-refractivity contribution in [2.24, 2.45) is 4.99 Å². The van der Waals surface area contributed by atoms with Gasteiger partial charge in [0.1, 0.15) is 42.5 Å². The molecule has 4 aromatic carbocycles. The molecule has 4 fully saturated rings. The van der Waals surface area contributed by atoms with E-state index in [9.17, 15) is 14.9 Å². The van der Waals surface area contributed by atoms with Crippen LogP contribution in [0.15, 0.2) is 88.6 Å². The Bertz CT molecular complexity index is 4990. The molecule has 39 heteroatoms.